The number of hydrogen-bond acceptors (Lipinski definition) is 7. The van der Waals surface area contributed by atoms with E-state index in [1.165, 1.54) is 0 Å². The SMILES string of the molecule is CC(C)C[C@H](NC(=O)[C@@H](NC(=O)[C@H](Cc1ccc(N=C(N)N)cc1)NC(=O)OCc1ccccc1)C(C)C)[C@@H](O)CC(=O)NCCc1ccccc1. The van der Waals surface area contributed by atoms with Gasteiger partial charge in [-0.15, -0.1) is 0 Å². The number of rotatable bonds is 19. The first-order valence-electron chi connectivity index (χ1n) is 17.6. The van der Waals surface area contributed by atoms with Crippen LogP contribution in [0.4, 0.5) is 10.5 Å². The second kappa shape index (κ2) is 21.1. The summed E-state index contributed by atoms with van der Waals surface area (Å²) in [4.78, 5) is 57.2. The van der Waals surface area contributed by atoms with Gasteiger partial charge in [0.1, 0.15) is 18.7 Å². The van der Waals surface area contributed by atoms with E-state index in [9.17, 15) is 24.3 Å². The number of benzene rings is 3. The van der Waals surface area contributed by atoms with E-state index in [1.54, 1.807) is 38.1 Å². The molecule has 4 amide bonds. The Morgan fingerprint density at radius 1 is 0.769 bits per heavy atom. The minimum atomic E-state index is -1.16. The van der Waals surface area contributed by atoms with Crippen LogP contribution in [0.25, 0.3) is 0 Å². The molecule has 13 heteroatoms. The van der Waals surface area contributed by atoms with E-state index >= 15 is 0 Å². The third-order valence-electron chi connectivity index (χ3n) is 8.19. The van der Waals surface area contributed by atoms with Crippen molar-refractivity contribution in [3.8, 4) is 0 Å². The number of carbonyl (C=O) groups excluding carboxylic acids is 4. The Balaban J connectivity index is 1.70. The number of ether oxygens (including phenoxy) is 1. The Morgan fingerprint density at radius 2 is 1.38 bits per heavy atom. The van der Waals surface area contributed by atoms with Crippen molar-refractivity contribution in [2.45, 2.75) is 84.2 Å². The van der Waals surface area contributed by atoms with Crippen LogP contribution in [0.5, 0.6) is 0 Å². The second-order valence-corrected chi connectivity index (χ2v) is 13.5. The van der Waals surface area contributed by atoms with Crippen LogP contribution in [0.3, 0.4) is 0 Å². The normalized spacial score (nSPS) is 13.3. The number of alkyl carbamates (subject to hydrolysis) is 1. The summed E-state index contributed by atoms with van der Waals surface area (Å²) in [5, 5.41) is 22.3. The molecule has 13 nitrogen and oxygen atoms in total. The van der Waals surface area contributed by atoms with Crippen LogP contribution >= 0.6 is 0 Å². The van der Waals surface area contributed by atoms with Gasteiger partial charge in [-0.2, -0.15) is 0 Å². The molecule has 0 unspecified atom stereocenters. The molecule has 0 aromatic heterocycles. The van der Waals surface area contributed by atoms with Gasteiger partial charge in [0.2, 0.25) is 17.7 Å². The number of carbonyl (C=O) groups is 4. The Kier molecular flexibility index (Phi) is 16.6. The summed E-state index contributed by atoms with van der Waals surface area (Å²) in [5.74, 6) is -1.86. The predicted molar refractivity (Wildman–Crippen MR) is 201 cm³/mol. The molecule has 0 aliphatic heterocycles. The summed E-state index contributed by atoms with van der Waals surface area (Å²) in [6.07, 6.45) is -1.07. The molecule has 280 valence electrons. The van der Waals surface area contributed by atoms with Crippen molar-refractivity contribution in [3.63, 3.8) is 0 Å². The van der Waals surface area contributed by atoms with Gasteiger partial charge in [-0.25, -0.2) is 9.79 Å². The van der Waals surface area contributed by atoms with Gasteiger partial charge < -0.3 is 42.6 Å². The first-order chi connectivity index (χ1) is 24.8. The fourth-order valence-corrected chi connectivity index (χ4v) is 5.48. The lowest BCUT2D eigenvalue weighted by molar-refractivity contribution is -0.132. The Labute approximate surface area is 306 Å². The largest absolute Gasteiger partial charge is 0.445 e. The second-order valence-electron chi connectivity index (χ2n) is 13.5. The van der Waals surface area contributed by atoms with E-state index in [2.05, 4.69) is 26.3 Å². The monoisotopic (exact) mass is 715 g/mol. The van der Waals surface area contributed by atoms with Gasteiger partial charge in [-0.05, 0) is 53.5 Å². The molecular weight excluding hydrogens is 662 g/mol. The number of hydrogen-bond donors (Lipinski definition) is 7. The van der Waals surface area contributed by atoms with Crippen molar-refractivity contribution in [3.05, 3.63) is 102 Å². The zero-order chi connectivity index (χ0) is 38.0. The number of aliphatic imine (C=N–C) groups is 1. The van der Waals surface area contributed by atoms with E-state index in [0.29, 0.717) is 30.6 Å². The molecule has 4 atom stereocenters. The summed E-state index contributed by atoms with van der Waals surface area (Å²) in [7, 11) is 0. The van der Waals surface area contributed by atoms with Crippen molar-refractivity contribution in [2.24, 2.45) is 28.3 Å². The Bertz CT molecular complexity index is 1600. The maximum atomic E-state index is 13.8. The summed E-state index contributed by atoms with van der Waals surface area (Å²) < 4.78 is 5.39. The Morgan fingerprint density at radius 3 is 1.96 bits per heavy atom. The molecule has 0 aliphatic rings. The number of nitrogens with zero attached hydrogens (tertiary/aromatic N) is 1. The van der Waals surface area contributed by atoms with Crippen molar-refractivity contribution in [2.75, 3.05) is 6.54 Å². The third kappa shape index (κ3) is 14.8. The van der Waals surface area contributed by atoms with Crippen LogP contribution in [-0.2, 0) is 38.6 Å². The first-order valence-corrected chi connectivity index (χ1v) is 17.6. The average Bonchev–Trinajstić information content (AvgIpc) is 3.10. The number of aliphatic hydroxyl groups excluding tert-OH is 1. The van der Waals surface area contributed by atoms with E-state index in [4.69, 9.17) is 16.2 Å². The number of aliphatic hydroxyl groups is 1. The van der Waals surface area contributed by atoms with Gasteiger partial charge in [0.05, 0.1) is 24.3 Å². The fourth-order valence-electron chi connectivity index (χ4n) is 5.48. The molecule has 0 aliphatic carbocycles. The molecule has 0 saturated heterocycles. The number of nitrogens with two attached hydrogens (primary N) is 2. The summed E-state index contributed by atoms with van der Waals surface area (Å²) in [6, 6.07) is 22.7. The molecule has 0 fully saturated rings. The molecule has 0 heterocycles. The lowest BCUT2D eigenvalue weighted by atomic mass is 9.95. The maximum Gasteiger partial charge on any atom is 0.408 e. The minimum Gasteiger partial charge on any atom is -0.445 e. The highest BCUT2D eigenvalue weighted by Crippen LogP contribution is 2.16. The average molecular weight is 716 g/mol. The lowest BCUT2D eigenvalue weighted by Crippen LogP contribution is -2.58. The van der Waals surface area contributed by atoms with Crippen LogP contribution in [0, 0.1) is 11.8 Å². The molecule has 3 aromatic carbocycles. The molecule has 9 N–H and O–H groups in total. The number of nitrogens with one attached hydrogen (secondary N) is 4. The van der Waals surface area contributed by atoms with Gasteiger partial charge in [0, 0.05) is 13.0 Å². The van der Waals surface area contributed by atoms with Gasteiger partial charge in [-0.3, -0.25) is 14.4 Å². The molecule has 52 heavy (non-hydrogen) atoms. The standard InChI is InChI=1S/C39H53N7O6/c1-25(2)21-31(33(47)23-34(48)42-20-19-27-11-7-5-8-12-27)44-37(50)35(26(3)4)46-36(49)32(22-28-15-17-30(18-16-28)43-38(40)41)45-39(51)52-24-29-13-9-6-10-14-29/h5-18,25-26,31-33,35,47H,19-24H2,1-4H3,(H,42,48)(H,44,50)(H,45,51)(H,46,49)(H4,40,41,43)/t31-,32-,33-,35-/m0/s1. The lowest BCUT2D eigenvalue weighted by Gasteiger charge is -2.30. The predicted octanol–water partition coefficient (Wildman–Crippen LogP) is 3.21. The molecule has 0 radical (unpaired) electrons. The maximum absolute atomic E-state index is 13.8. The molecule has 0 bridgehead atoms. The molecule has 3 aromatic rings. The van der Waals surface area contributed by atoms with E-state index in [0.717, 1.165) is 11.1 Å². The van der Waals surface area contributed by atoms with Gasteiger partial charge in [0.25, 0.3) is 0 Å². The van der Waals surface area contributed by atoms with Crippen molar-refractivity contribution in [1.82, 2.24) is 21.3 Å². The van der Waals surface area contributed by atoms with Crippen molar-refractivity contribution in [1.29, 1.82) is 0 Å². The number of guanidine groups is 1. The van der Waals surface area contributed by atoms with Crippen molar-refractivity contribution < 1.29 is 29.0 Å². The molecule has 3 rings (SSSR count). The highest BCUT2D eigenvalue weighted by atomic mass is 16.5. The highest BCUT2D eigenvalue weighted by Gasteiger charge is 2.32. The van der Waals surface area contributed by atoms with Gasteiger partial charge >= 0.3 is 6.09 Å². The smallest absolute Gasteiger partial charge is 0.408 e. The van der Waals surface area contributed by atoms with Crippen LogP contribution in [0.2, 0.25) is 0 Å². The van der Waals surface area contributed by atoms with E-state index in [-0.39, 0.29) is 43.2 Å². The van der Waals surface area contributed by atoms with E-state index < -0.39 is 42.1 Å². The zero-order valence-corrected chi connectivity index (χ0v) is 30.4. The highest BCUT2D eigenvalue weighted by molar-refractivity contribution is 5.92. The minimum absolute atomic E-state index is 0.00410. The van der Waals surface area contributed by atoms with E-state index in [1.807, 2.05) is 74.5 Å². The van der Waals surface area contributed by atoms with Crippen LogP contribution in [0.1, 0.15) is 57.2 Å². The van der Waals surface area contributed by atoms with Crippen molar-refractivity contribution >= 4 is 35.5 Å². The number of amides is 4. The molecule has 0 saturated carbocycles. The van der Waals surface area contributed by atoms with Crippen LogP contribution in [-0.4, -0.2) is 65.7 Å². The van der Waals surface area contributed by atoms with Crippen LogP contribution < -0.4 is 32.7 Å². The molecular formula is C39H53N7O6. The first kappa shape index (κ1) is 41.0. The zero-order valence-electron chi connectivity index (χ0n) is 30.4. The summed E-state index contributed by atoms with van der Waals surface area (Å²) in [6.45, 7) is 7.85. The van der Waals surface area contributed by atoms with Crippen LogP contribution in [0.15, 0.2) is 89.9 Å². The Hall–Kier alpha value is -5.43. The van der Waals surface area contributed by atoms with Gasteiger partial charge in [-0.1, -0.05) is 100 Å². The quantitative estimate of drug-likeness (QED) is 0.0722. The molecule has 0 spiro atoms. The fraction of sp³-hybridized carbons (Fsp3) is 0.410. The third-order valence-corrected chi connectivity index (χ3v) is 8.19. The summed E-state index contributed by atoms with van der Waals surface area (Å²) in [5.41, 5.74) is 14.0. The van der Waals surface area contributed by atoms with Gasteiger partial charge in [0.15, 0.2) is 5.96 Å². The topological polar surface area (TPSA) is 210 Å². The summed E-state index contributed by atoms with van der Waals surface area (Å²) >= 11 is 0.